The highest BCUT2D eigenvalue weighted by Crippen LogP contribution is 2.23. The molecule has 0 aliphatic rings. The van der Waals surface area contributed by atoms with Gasteiger partial charge in [0.15, 0.2) is 0 Å². The van der Waals surface area contributed by atoms with Crippen LogP contribution in [0.3, 0.4) is 0 Å². The zero-order valence-electron chi connectivity index (χ0n) is 11.8. The normalized spacial score (nSPS) is 10.3. The van der Waals surface area contributed by atoms with Crippen molar-refractivity contribution in [2.45, 2.75) is 6.54 Å². The van der Waals surface area contributed by atoms with E-state index in [-0.39, 0.29) is 5.91 Å². The topological polar surface area (TPSA) is 91.1 Å². The van der Waals surface area contributed by atoms with Crippen LogP contribution in [0.1, 0.15) is 16.2 Å². The number of rotatable bonds is 4. The van der Waals surface area contributed by atoms with Crippen LogP contribution in [0.4, 0.5) is 11.4 Å². The summed E-state index contributed by atoms with van der Waals surface area (Å²) in [6.07, 6.45) is 1.41. The Bertz CT molecular complexity index is 593. The zero-order chi connectivity index (χ0) is 14.7. The summed E-state index contributed by atoms with van der Waals surface area (Å²) in [7, 11) is 5.52. The number of carbonyl (C=O) groups excluding carboxylic acids is 1. The zero-order valence-corrected chi connectivity index (χ0v) is 11.8. The van der Waals surface area contributed by atoms with Crippen molar-refractivity contribution >= 4 is 17.3 Å². The number of hydrogen-bond acceptors (Lipinski definition) is 5. The number of anilines is 2. The molecule has 7 heteroatoms. The van der Waals surface area contributed by atoms with Gasteiger partial charge in [-0.3, -0.25) is 9.89 Å². The molecule has 7 nitrogen and oxygen atoms in total. The van der Waals surface area contributed by atoms with Gasteiger partial charge in [-0.05, 0) is 18.2 Å². The molecular formula is C13H18N6O. The van der Waals surface area contributed by atoms with Crippen molar-refractivity contribution < 1.29 is 4.79 Å². The predicted molar refractivity (Wildman–Crippen MR) is 77.4 cm³/mol. The smallest absolute Gasteiger partial charge is 0.254 e. The lowest BCUT2D eigenvalue weighted by Crippen LogP contribution is -2.27. The molecule has 1 amide bonds. The van der Waals surface area contributed by atoms with Crippen molar-refractivity contribution in [2.75, 3.05) is 31.8 Å². The van der Waals surface area contributed by atoms with Crippen molar-refractivity contribution in [3.63, 3.8) is 0 Å². The van der Waals surface area contributed by atoms with Gasteiger partial charge in [-0.1, -0.05) is 0 Å². The van der Waals surface area contributed by atoms with Gasteiger partial charge in [0.1, 0.15) is 12.2 Å². The molecule has 0 radical (unpaired) electrons. The van der Waals surface area contributed by atoms with Crippen LogP contribution in [0.25, 0.3) is 0 Å². The molecule has 1 heterocycles. The Kier molecular flexibility index (Phi) is 3.88. The van der Waals surface area contributed by atoms with Crippen LogP contribution in [0.5, 0.6) is 0 Å². The molecule has 0 fully saturated rings. The van der Waals surface area contributed by atoms with E-state index in [0.29, 0.717) is 23.6 Å². The Balaban J connectivity index is 2.14. The third-order valence-electron chi connectivity index (χ3n) is 2.95. The van der Waals surface area contributed by atoms with E-state index in [0.717, 1.165) is 5.69 Å². The molecule has 0 saturated carbocycles. The molecule has 106 valence electrons. The van der Waals surface area contributed by atoms with E-state index in [2.05, 4.69) is 15.2 Å². The van der Waals surface area contributed by atoms with E-state index in [1.54, 1.807) is 24.1 Å². The molecule has 2 rings (SSSR count). The average Bonchev–Trinajstić information content (AvgIpc) is 2.90. The SMILES string of the molecule is CN(Cc1ncn[nH]1)C(=O)c1ccc(N(C)C)c(N)c1. The molecule has 2 aromatic rings. The lowest BCUT2D eigenvalue weighted by Gasteiger charge is -2.18. The number of nitrogen functional groups attached to an aromatic ring is 1. The van der Waals surface area contributed by atoms with Crippen LogP contribution in [0.2, 0.25) is 0 Å². The fraction of sp³-hybridized carbons (Fsp3) is 0.308. The summed E-state index contributed by atoms with van der Waals surface area (Å²) >= 11 is 0. The van der Waals surface area contributed by atoms with E-state index in [1.165, 1.54) is 6.33 Å². The second-order valence-corrected chi connectivity index (χ2v) is 4.76. The summed E-state index contributed by atoms with van der Waals surface area (Å²) < 4.78 is 0. The molecule has 0 bridgehead atoms. The molecule has 0 aliphatic heterocycles. The highest BCUT2D eigenvalue weighted by Gasteiger charge is 2.14. The average molecular weight is 274 g/mol. The maximum atomic E-state index is 12.3. The van der Waals surface area contributed by atoms with Gasteiger partial charge in [-0.25, -0.2) is 4.98 Å². The molecule has 3 N–H and O–H groups in total. The largest absolute Gasteiger partial charge is 0.397 e. The summed E-state index contributed by atoms with van der Waals surface area (Å²) in [4.78, 5) is 19.8. The van der Waals surface area contributed by atoms with E-state index >= 15 is 0 Å². The van der Waals surface area contributed by atoms with E-state index in [1.807, 2.05) is 25.1 Å². The Labute approximate surface area is 117 Å². The van der Waals surface area contributed by atoms with Crippen LogP contribution < -0.4 is 10.6 Å². The molecule has 1 aromatic heterocycles. The first-order chi connectivity index (χ1) is 9.49. The quantitative estimate of drug-likeness (QED) is 0.802. The highest BCUT2D eigenvalue weighted by atomic mass is 16.2. The molecule has 0 saturated heterocycles. The lowest BCUT2D eigenvalue weighted by atomic mass is 10.1. The number of nitrogens with one attached hydrogen (secondary N) is 1. The second kappa shape index (κ2) is 5.60. The number of amides is 1. The van der Waals surface area contributed by atoms with Gasteiger partial charge in [-0.2, -0.15) is 5.10 Å². The molecule has 0 spiro atoms. The molecule has 0 aliphatic carbocycles. The number of aromatic nitrogens is 3. The lowest BCUT2D eigenvalue weighted by molar-refractivity contribution is 0.0782. The Morgan fingerprint density at radius 1 is 1.35 bits per heavy atom. The Morgan fingerprint density at radius 3 is 2.65 bits per heavy atom. The summed E-state index contributed by atoms with van der Waals surface area (Å²) in [5, 5.41) is 6.48. The van der Waals surface area contributed by atoms with Crippen LogP contribution >= 0.6 is 0 Å². The number of nitrogens with two attached hydrogens (primary N) is 1. The summed E-state index contributed by atoms with van der Waals surface area (Å²) in [5.41, 5.74) is 7.97. The summed E-state index contributed by atoms with van der Waals surface area (Å²) in [6, 6.07) is 5.30. The molecule has 0 atom stereocenters. The fourth-order valence-electron chi connectivity index (χ4n) is 1.92. The predicted octanol–water partition coefficient (Wildman–Crippen LogP) is 0.725. The van der Waals surface area contributed by atoms with Gasteiger partial charge in [0, 0.05) is 26.7 Å². The van der Waals surface area contributed by atoms with Gasteiger partial charge in [-0.15, -0.1) is 0 Å². The van der Waals surface area contributed by atoms with Gasteiger partial charge >= 0.3 is 0 Å². The van der Waals surface area contributed by atoms with Gasteiger partial charge in [0.2, 0.25) is 0 Å². The van der Waals surface area contributed by atoms with Crippen molar-refractivity contribution in [1.29, 1.82) is 0 Å². The van der Waals surface area contributed by atoms with Crippen molar-refractivity contribution in [1.82, 2.24) is 20.1 Å². The number of nitrogens with zero attached hydrogens (tertiary/aromatic N) is 4. The van der Waals surface area contributed by atoms with Crippen molar-refractivity contribution in [3.8, 4) is 0 Å². The maximum absolute atomic E-state index is 12.3. The minimum atomic E-state index is -0.113. The molecule has 1 aromatic carbocycles. The Hall–Kier alpha value is -2.57. The fourth-order valence-corrected chi connectivity index (χ4v) is 1.92. The maximum Gasteiger partial charge on any atom is 0.254 e. The Morgan fingerprint density at radius 2 is 2.10 bits per heavy atom. The van der Waals surface area contributed by atoms with E-state index in [4.69, 9.17) is 5.73 Å². The van der Waals surface area contributed by atoms with Gasteiger partial charge < -0.3 is 15.5 Å². The number of carbonyl (C=O) groups is 1. The monoisotopic (exact) mass is 274 g/mol. The van der Waals surface area contributed by atoms with Crippen LogP contribution in [0.15, 0.2) is 24.5 Å². The van der Waals surface area contributed by atoms with Crippen LogP contribution in [0, 0.1) is 0 Å². The van der Waals surface area contributed by atoms with Gasteiger partial charge in [0.25, 0.3) is 5.91 Å². The summed E-state index contributed by atoms with van der Waals surface area (Å²) in [6.45, 7) is 0.369. The molecule has 20 heavy (non-hydrogen) atoms. The number of aromatic amines is 1. The first kappa shape index (κ1) is 13.9. The second-order valence-electron chi connectivity index (χ2n) is 4.76. The van der Waals surface area contributed by atoms with Gasteiger partial charge in [0.05, 0.1) is 17.9 Å². The third-order valence-corrected chi connectivity index (χ3v) is 2.95. The molecular weight excluding hydrogens is 256 g/mol. The van der Waals surface area contributed by atoms with Crippen molar-refractivity contribution in [2.24, 2.45) is 0 Å². The van der Waals surface area contributed by atoms with E-state index < -0.39 is 0 Å². The van der Waals surface area contributed by atoms with Crippen LogP contribution in [-0.4, -0.2) is 47.1 Å². The molecule has 0 unspecified atom stereocenters. The minimum absolute atomic E-state index is 0.113. The van der Waals surface area contributed by atoms with Crippen molar-refractivity contribution in [3.05, 3.63) is 35.9 Å². The standard InChI is InChI=1S/C13H18N6O/c1-18(2)11-5-4-9(6-10(11)14)13(20)19(3)7-12-15-8-16-17-12/h4-6,8H,7,14H2,1-3H3,(H,15,16,17). The first-order valence-electron chi connectivity index (χ1n) is 6.15. The third kappa shape index (κ3) is 2.87. The number of hydrogen-bond donors (Lipinski definition) is 2. The number of H-pyrrole nitrogens is 1. The first-order valence-corrected chi connectivity index (χ1v) is 6.15. The number of benzene rings is 1. The highest BCUT2D eigenvalue weighted by molar-refractivity contribution is 5.96. The minimum Gasteiger partial charge on any atom is -0.397 e. The van der Waals surface area contributed by atoms with Crippen LogP contribution in [-0.2, 0) is 6.54 Å². The summed E-state index contributed by atoms with van der Waals surface area (Å²) in [5.74, 6) is 0.525. The van der Waals surface area contributed by atoms with E-state index in [9.17, 15) is 4.79 Å².